The molecule has 0 saturated carbocycles. The van der Waals surface area contributed by atoms with Crippen molar-refractivity contribution in [2.45, 2.75) is 26.4 Å². The minimum atomic E-state index is 0.0287. The minimum Gasteiger partial charge on any atom is -0.473 e. The molecule has 0 aliphatic rings. The number of hydrogen-bond acceptors (Lipinski definition) is 6. The van der Waals surface area contributed by atoms with Crippen LogP contribution >= 0.6 is 0 Å². The Morgan fingerprint density at radius 2 is 1.83 bits per heavy atom. The van der Waals surface area contributed by atoms with Crippen LogP contribution < -0.4 is 4.74 Å². The van der Waals surface area contributed by atoms with Crippen LogP contribution in [0.4, 0.5) is 0 Å². The second kappa shape index (κ2) is 9.13. The Kier molecular flexibility index (Phi) is 5.94. The number of pyridine rings is 2. The lowest BCUT2D eigenvalue weighted by atomic mass is 10.1. The van der Waals surface area contributed by atoms with Gasteiger partial charge in [-0.15, -0.1) is 0 Å². The van der Waals surface area contributed by atoms with Gasteiger partial charge in [0.2, 0.25) is 5.88 Å². The molecular formula is C24H21N3O3. The van der Waals surface area contributed by atoms with Gasteiger partial charge in [-0.05, 0) is 31.5 Å². The van der Waals surface area contributed by atoms with Crippen LogP contribution in [0.25, 0.3) is 11.3 Å². The molecule has 0 fully saturated rings. The van der Waals surface area contributed by atoms with E-state index in [1.54, 1.807) is 24.5 Å². The average Bonchev–Trinajstić information content (AvgIpc) is 3.18. The lowest BCUT2D eigenvalue weighted by molar-refractivity contribution is 0.0982. The minimum absolute atomic E-state index is 0.0287. The molecule has 0 radical (unpaired) electrons. The first kappa shape index (κ1) is 19.5. The van der Waals surface area contributed by atoms with Crippen LogP contribution in [-0.2, 0) is 13.0 Å². The largest absolute Gasteiger partial charge is 0.473 e. The molecule has 0 amide bonds. The van der Waals surface area contributed by atoms with Gasteiger partial charge in [0.25, 0.3) is 0 Å². The van der Waals surface area contributed by atoms with Gasteiger partial charge in [0.1, 0.15) is 18.1 Å². The molecule has 0 unspecified atom stereocenters. The van der Waals surface area contributed by atoms with Gasteiger partial charge in [0.05, 0.1) is 5.56 Å². The molecule has 4 rings (SSSR count). The van der Waals surface area contributed by atoms with Gasteiger partial charge in [-0.1, -0.05) is 41.6 Å². The van der Waals surface area contributed by atoms with Crippen molar-refractivity contribution in [3.05, 3.63) is 95.6 Å². The Balaban J connectivity index is 1.38. The lowest BCUT2D eigenvalue weighted by Crippen LogP contribution is -2.04. The second-order valence-electron chi connectivity index (χ2n) is 6.85. The molecule has 6 nitrogen and oxygen atoms in total. The van der Waals surface area contributed by atoms with E-state index >= 15 is 0 Å². The van der Waals surface area contributed by atoms with Crippen molar-refractivity contribution in [3.63, 3.8) is 0 Å². The number of ether oxygens (including phenoxy) is 1. The molecule has 6 heteroatoms. The highest BCUT2D eigenvalue weighted by molar-refractivity contribution is 5.95. The van der Waals surface area contributed by atoms with Crippen LogP contribution in [0.15, 0.2) is 77.6 Å². The maximum atomic E-state index is 12.4. The summed E-state index contributed by atoms with van der Waals surface area (Å²) < 4.78 is 11.2. The van der Waals surface area contributed by atoms with E-state index in [2.05, 4.69) is 15.1 Å². The number of aromatic nitrogens is 3. The van der Waals surface area contributed by atoms with E-state index in [-0.39, 0.29) is 12.4 Å². The van der Waals surface area contributed by atoms with E-state index in [1.807, 2.05) is 55.5 Å². The molecule has 0 atom stereocenters. The zero-order chi connectivity index (χ0) is 20.8. The second-order valence-corrected chi connectivity index (χ2v) is 6.85. The van der Waals surface area contributed by atoms with Crippen molar-refractivity contribution >= 4 is 5.78 Å². The van der Waals surface area contributed by atoms with Crippen LogP contribution in [-0.4, -0.2) is 20.9 Å². The third-order valence-corrected chi connectivity index (χ3v) is 4.79. The summed E-state index contributed by atoms with van der Waals surface area (Å²) in [5.74, 6) is 1.17. The van der Waals surface area contributed by atoms with Crippen LogP contribution in [0.5, 0.6) is 5.88 Å². The van der Waals surface area contributed by atoms with Crippen LogP contribution in [0.2, 0.25) is 0 Å². The SMILES string of the molecule is Cc1onc(-c2ccccc2)c1COc1ccc(C(=O)CCc2ccccn2)cn1. The Hall–Kier alpha value is -3.80. The van der Waals surface area contributed by atoms with Crippen LogP contribution in [0.1, 0.15) is 33.8 Å². The highest BCUT2D eigenvalue weighted by atomic mass is 16.5. The summed E-state index contributed by atoms with van der Waals surface area (Å²) in [6, 6.07) is 19.0. The van der Waals surface area contributed by atoms with Crippen LogP contribution in [0.3, 0.4) is 0 Å². The molecule has 0 aliphatic carbocycles. The molecule has 30 heavy (non-hydrogen) atoms. The first-order valence-electron chi connectivity index (χ1n) is 9.73. The van der Waals surface area contributed by atoms with Gasteiger partial charge < -0.3 is 9.26 Å². The summed E-state index contributed by atoms with van der Waals surface area (Å²) in [6.07, 6.45) is 4.27. The number of nitrogens with zero attached hydrogens (tertiary/aromatic N) is 3. The molecule has 3 aromatic heterocycles. The predicted molar refractivity (Wildman–Crippen MR) is 112 cm³/mol. The van der Waals surface area contributed by atoms with E-state index in [9.17, 15) is 4.79 Å². The Bertz CT molecular complexity index is 1110. The summed E-state index contributed by atoms with van der Waals surface area (Å²) in [5, 5.41) is 4.16. The highest BCUT2D eigenvalue weighted by Crippen LogP contribution is 2.26. The number of Topliss-reactive ketones (excluding diaryl/α,β-unsaturated/α-hetero) is 1. The van der Waals surface area contributed by atoms with Crippen molar-refractivity contribution in [2.24, 2.45) is 0 Å². The number of carbonyl (C=O) groups excluding carboxylic acids is 1. The quantitative estimate of drug-likeness (QED) is 0.395. The standard InChI is InChI=1S/C24H21N3O3/c1-17-21(24(27-30-17)18-7-3-2-4-8-18)16-29-23-13-10-19(15-26-23)22(28)12-11-20-9-5-6-14-25-20/h2-10,13-15H,11-12,16H2,1H3. The molecule has 0 aliphatic heterocycles. The third kappa shape index (κ3) is 4.60. The fourth-order valence-electron chi connectivity index (χ4n) is 3.09. The molecular weight excluding hydrogens is 378 g/mol. The Labute approximate surface area is 174 Å². The number of ketones is 1. The molecule has 0 saturated heterocycles. The molecule has 1 aromatic carbocycles. The zero-order valence-corrected chi connectivity index (χ0v) is 16.6. The topological polar surface area (TPSA) is 78.1 Å². The average molecular weight is 399 g/mol. The number of rotatable bonds is 8. The normalized spacial score (nSPS) is 10.7. The number of hydrogen-bond donors (Lipinski definition) is 0. The van der Waals surface area contributed by atoms with E-state index in [4.69, 9.17) is 9.26 Å². The number of benzene rings is 1. The van der Waals surface area contributed by atoms with Crippen molar-refractivity contribution in [1.82, 2.24) is 15.1 Å². The van der Waals surface area contributed by atoms with Gasteiger partial charge in [-0.3, -0.25) is 9.78 Å². The summed E-state index contributed by atoms with van der Waals surface area (Å²) >= 11 is 0. The molecule has 0 N–H and O–H groups in total. The third-order valence-electron chi connectivity index (χ3n) is 4.79. The summed E-state index contributed by atoms with van der Waals surface area (Å²) in [7, 11) is 0. The molecule has 0 spiro atoms. The van der Waals surface area contributed by atoms with Gasteiger partial charge >= 0.3 is 0 Å². The summed E-state index contributed by atoms with van der Waals surface area (Å²) in [4.78, 5) is 20.9. The van der Waals surface area contributed by atoms with E-state index in [1.165, 1.54) is 0 Å². The van der Waals surface area contributed by atoms with Gasteiger partial charge in [-0.2, -0.15) is 0 Å². The number of aryl methyl sites for hydroxylation is 2. The summed E-state index contributed by atoms with van der Waals surface area (Å²) in [5.41, 5.74) is 4.06. The van der Waals surface area contributed by atoms with E-state index in [0.29, 0.717) is 30.0 Å². The fraction of sp³-hybridized carbons (Fsp3) is 0.167. The van der Waals surface area contributed by atoms with Gasteiger partial charge in [0.15, 0.2) is 5.78 Å². The monoisotopic (exact) mass is 399 g/mol. The smallest absolute Gasteiger partial charge is 0.213 e. The molecule has 0 bridgehead atoms. The van der Waals surface area contributed by atoms with Crippen LogP contribution in [0, 0.1) is 6.92 Å². The number of carbonyl (C=O) groups is 1. The molecule has 4 aromatic rings. The van der Waals surface area contributed by atoms with Gasteiger partial charge in [-0.25, -0.2) is 4.98 Å². The van der Waals surface area contributed by atoms with Crippen molar-refractivity contribution < 1.29 is 14.1 Å². The van der Waals surface area contributed by atoms with E-state index in [0.717, 1.165) is 22.5 Å². The lowest BCUT2D eigenvalue weighted by Gasteiger charge is -2.07. The Morgan fingerprint density at radius 1 is 1.00 bits per heavy atom. The zero-order valence-electron chi connectivity index (χ0n) is 16.6. The summed E-state index contributed by atoms with van der Waals surface area (Å²) in [6.45, 7) is 2.13. The van der Waals surface area contributed by atoms with Crippen molar-refractivity contribution in [1.29, 1.82) is 0 Å². The predicted octanol–water partition coefficient (Wildman–Crippen LogP) is 4.83. The van der Waals surface area contributed by atoms with E-state index < -0.39 is 0 Å². The van der Waals surface area contributed by atoms with Crippen molar-refractivity contribution in [2.75, 3.05) is 0 Å². The molecule has 150 valence electrons. The maximum Gasteiger partial charge on any atom is 0.213 e. The maximum absolute atomic E-state index is 12.4. The fourth-order valence-corrected chi connectivity index (χ4v) is 3.09. The Morgan fingerprint density at radius 3 is 2.57 bits per heavy atom. The first-order chi connectivity index (χ1) is 14.7. The highest BCUT2D eigenvalue weighted by Gasteiger charge is 2.15. The first-order valence-corrected chi connectivity index (χ1v) is 9.73. The molecule has 3 heterocycles. The van der Waals surface area contributed by atoms with Crippen molar-refractivity contribution in [3.8, 4) is 17.1 Å². The van der Waals surface area contributed by atoms with Gasteiger partial charge in [0, 0.05) is 41.7 Å².